The van der Waals surface area contributed by atoms with E-state index in [2.05, 4.69) is 0 Å². The van der Waals surface area contributed by atoms with Crippen molar-refractivity contribution in [3.8, 4) is 22.8 Å². The minimum Gasteiger partial charge on any atom is -0.496 e. The average Bonchev–Trinajstić information content (AvgIpc) is 2.54. The molecule has 22 heavy (non-hydrogen) atoms. The number of ether oxygens (including phenoxy) is 2. The first-order valence-corrected chi connectivity index (χ1v) is 6.89. The molecular formula is C18H16O4. The molecule has 2 aromatic carbocycles. The Morgan fingerprint density at radius 1 is 0.955 bits per heavy atom. The Balaban J connectivity index is 2.27. The van der Waals surface area contributed by atoms with E-state index < -0.39 is 0 Å². The summed E-state index contributed by atoms with van der Waals surface area (Å²) in [5.41, 5.74) is 2.30. The second kappa shape index (κ2) is 5.56. The maximum atomic E-state index is 12.4. The van der Waals surface area contributed by atoms with E-state index in [1.54, 1.807) is 19.2 Å². The monoisotopic (exact) mass is 296 g/mol. The molecule has 0 radical (unpaired) electrons. The normalized spacial score (nSPS) is 10.7. The van der Waals surface area contributed by atoms with E-state index >= 15 is 0 Å². The van der Waals surface area contributed by atoms with Gasteiger partial charge in [-0.2, -0.15) is 0 Å². The summed E-state index contributed by atoms with van der Waals surface area (Å²) in [5.74, 6) is 1.54. The largest absolute Gasteiger partial charge is 0.496 e. The highest BCUT2D eigenvalue weighted by molar-refractivity contribution is 5.86. The molecule has 3 aromatic rings. The number of hydrogen-bond acceptors (Lipinski definition) is 4. The zero-order valence-corrected chi connectivity index (χ0v) is 12.7. The maximum Gasteiger partial charge on any atom is 0.197 e. The summed E-state index contributed by atoms with van der Waals surface area (Å²) in [6, 6.07) is 12.7. The molecule has 0 aliphatic rings. The van der Waals surface area contributed by atoms with Crippen molar-refractivity contribution in [1.82, 2.24) is 0 Å². The third-order valence-electron chi connectivity index (χ3n) is 3.56. The molecule has 112 valence electrons. The summed E-state index contributed by atoms with van der Waals surface area (Å²) in [5, 5.41) is 0.416. The SMILES string of the molecule is COc1cc(OC)c2c(=O)cc(-c3ccc(C)cc3)oc2c1. The van der Waals surface area contributed by atoms with Gasteiger partial charge in [0.05, 0.1) is 14.2 Å². The summed E-state index contributed by atoms with van der Waals surface area (Å²) in [6.07, 6.45) is 0. The van der Waals surface area contributed by atoms with E-state index in [-0.39, 0.29) is 5.43 Å². The number of fused-ring (bicyclic) bond motifs is 1. The third kappa shape index (κ3) is 2.44. The number of hydrogen-bond donors (Lipinski definition) is 0. The number of rotatable bonds is 3. The van der Waals surface area contributed by atoms with Crippen LogP contribution in [-0.2, 0) is 0 Å². The Bertz CT molecular complexity index is 876. The van der Waals surface area contributed by atoms with Gasteiger partial charge in [0.25, 0.3) is 0 Å². The average molecular weight is 296 g/mol. The molecule has 0 spiro atoms. The van der Waals surface area contributed by atoms with Crippen molar-refractivity contribution in [3.05, 3.63) is 58.3 Å². The second-order valence-electron chi connectivity index (χ2n) is 5.04. The van der Waals surface area contributed by atoms with Crippen LogP contribution in [0.15, 0.2) is 51.7 Å². The molecule has 4 heteroatoms. The van der Waals surface area contributed by atoms with Crippen LogP contribution in [0.2, 0.25) is 0 Å². The molecule has 0 unspecified atom stereocenters. The standard InChI is InChI=1S/C18H16O4/c1-11-4-6-12(7-5-11)15-10-14(19)18-16(21-3)8-13(20-2)9-17(18)22-15/h4-10H,1-3H3. The first-order valence-electron chi connectivity index (χ1n) is 6.89. The summed E-state index contributed by atoms with van der Waals surface area (Å²) in [7, 11) is 3.07. The molecule has 0 aliphatic heterocycles. The molecule has 4 nitrogen and oxygen atoms in total. The van der Waals surface area contributed by atoms with Gasteiger partial charge in [-0.15, -0.1) is 0 Å². The van der Waals surface area contributed by atoms with Crippen LogP contribution in [0, 0.1) is 6.92 Å². The summed E-state index contributed by atoms with van der Waals surface area (Å²) < 4.78 is 16.4. The van der Waals surface area contributed by atoms with Crippen molar-refractivity contribution in [2.24, 2.45) is 0 Å². The van der Waals surface area contributed by atoms with E-state index in [1.165, 1.54) is 13.2 Å². The van der Waals surface area contributed by atoms with Crippen molar-refractivity contribution in [3.63, 3.8) is 0 Å². The Morgan fingerprint density at radius 2 is 1.68 bits per heavy atom. The minimum atomic E-state index is -0.142. The fraction of sp³-hybridized carbons (Fsp3) is 0.167. The van der Waals surface area contributed by atoms with Gasteiger partial charge in [-0.1, -0.05) is 29.8 Å². The van der Waals surface area contributed by atoms with Gasteiger partial charge >= 0.3 is 0 Å². The van der Waals surface area contributed by atoms with Crippen molar-refractivity contribution >= 4 is 11.0 Å². The van der Waals surface area contributed by atoms with Gasteiger partial charge in [-0.05, 0) is 6.92 Å². The van der Waals surface area contributed by atoms with Crippen LogP contribution < -0.4 is 14.9 Å². The maximum absolute atomic E-state index is 12.4. The fourth-order valence-corrected chi connectivity index (χ4v) is 2.37. The molecule has 0 fully saturated rings. The molecule has 0 atom stereocenters. The third-order valence-corrected chi connectivity index (χ3v) is 3.56. The number of methoxy groups -OCH3 is 2. The topological polar surface area (TPSA) is 48.7 Å². The molecule has 0 N–H and O–H groups in total. The van der Waals surface area contributed by atoms with Crippen molar-refractivity contribution < 1.29 is 13.9 Å². The van der Waals surface area contributed by atoms with Crippen LogP contribution in [-0.4, -0.2) is 14.2 Å². The van der Waals surface area contributed by atoms with Gasteiger partial charge < -0.3 is 13.9 Å². The van der Waals surface area contributed by atoms with E-state index in [9.17, 15) is 4.79 Å². The molecule has 0 bridgehead atoms. The van der Waals surface area contributed by atoms with Gasteiger partial charge in [-0.3, -0.25) is 4.79 Å². The highest BCUT2D eigenvalue weighted by atomic mass is 16.5. The van der Waals surface area contributed by atoms with Gasteiger partial charge in [0, 0.05) is 23.8 Å². The van der Waals surface area contributed by atoms with Crippen LogP contribution >= 0.6 is 0 Å². The van der Waals surface area contributed by atoms with Crippen molar-refractivity contribution in [2.75, 3.05) is 14.2 Å². The molecule has 0 amide bonds. The molecule has 1 aromatic heterocycles. The van der Waals surface area contributed by atoms with E-state index in [4.69, 9.17) is 13.9 Å². The number of benzene rings is 2. The van der Waals surface area contributed by atoms with Crippen LogP contribution in [0.1, 0.15) is 5.56 Å². The van der Waals surface area contributed by atoms with Crippen molar-refractivity contribution in [2.45, 2.75) is 6.92 Å². The Kier molecular flexibility index (Phi) is 3.59. The summed E-state index contributed by atoms with van der Waals surface area (Å²) in [4.78, 5) is 12.4. The van der Waals surface area contributed by atoms with Crippen LogP contribution in [0.25, 0.3) is 22.3 Å². The molecule has 1 heterocycles. The summed E-state index contributed by atoms with van der Waals surface area (Å²) in [6.45, 7) is 2.01. The predicted molar refractivity (Wildman–Crippen MR) is 85.8 cm³/mol. The molecule has 0 saturated carbocycles. The van der Waals surface area contributed by atoms with Gasteiger partial charge in [0.15, 0.2) is 5.43 Å². The lowest BCUT2D eigenvalue weighted by Crippen LogP contribution is -2.03. The van der Waals surface area contributed by atoms with Gasteiger partial charge in [0.1, 0.15) is 28.2 Å². The van der Waals surface area contributed by atoms with Crippen LogP contribution in [0.3, 0.4) is 0 Å². The molecule has 3 rings (SSSR count). The van der Waals surface area contributed by atoms with Gasteiger partial charge in [-0.25, -0.2) is 0 Å². The first kappa shape index (κ1) is 14.2. The summed E-state index contributed by atoms with van der Waals surface area (Å²) >= 11 is 0. The smallest absolute Gasteiger partial charge is 0.197 e. The van der Waals surface area contributed by atoms with Gasteiger partial charge in [0.2, 0.25) is 0 Å². The Hall–Kier alpha value is -2.75. The van der Waals surface area contributed by atoms with E-state index in [1.807, 2.05) is 31.2 Å². The fourth-order valence-electron chi connectivity index (χ4n) is 2.37. The zero-order valence-electron chi connectivity index (χ0n) is 12.7. The van der Waals surface area contributed by atoms with Crippen molar-refractivity contribution in [1.29, 1.82) is 0 Å². The molecule has 0 saturated heterocycles. The van der Waals surface area contributed by atoms with E-state index in [0.717, 1.165) is 11.1 Å². The molecule has 0 aliphatic carbocycles. The van der Waals surface area contributed by atoms with E-state index in [0.29, 0.717) is 28.2 Å². The number of aryl methyl sites for hydroxylation is 1. The lowest BCUT2D eigenvalue weighted by molar-refractivity contribution is 0.396. The van der Waals surface area contributed by atoms with Crippen LogP contribution in [0.5, 0.6) is 11.5 Å². The Labute approximate surface area is 127 Å². The lowest BCUT2D eigenvalue weighted by Gasteiger charge is -2.09. The molecular weight excluding hydrogens is 280 g/mol. The first-order chi connectivity index (χ1) is 10.6. The zero-order chi connectivity index (χ0) is 15.7. The highest BCUT2D eigenvalue weighted by Gasteiger charge is 2.13. The van der Waals surface area contributed by atoms with Crippen LogP contribution in [0.4, 0.5) is 0 Å². The predicted octanol–water partition coefficient (Wildman–Crippen LogP) is 3.79. The quantitative estimate of drug-likeness (QED) is 0.738. The lowest BCUT2D eigenvalue weighted by atomic mass is 10.1. The minimum absolute atomic E-state index is 0.142. The second-order valence-corrected chi connectivity index (χ2v) is 5.04. The highest BCUT2D eigenvalue weighted by Crippen LogP contribution is 2.31. The Morgan fingerprint density at radius 3 is 2.32 bits per heavy atom.